The molecule has 0 saturated heterocycles. The second-order valence-corrected chi connectivity index (χ2v) is 7.20. The van der Waals surface area contributed by atoms with Crippen LogP contribution < -0.4 is 20.1 Å². The first kappa shape index (κ1) is 21.4. The third kappa shape index (κ3) is 6.09. The van der Waals surface area contributed by atoms with Gasteiger partial charge in [0.05, 0.1) is 5.56 Å². The lowest BCUT2D eigenvalue weighted by atomic mass is 10.1. The number of likely N-dealkylation sites (N-methyl/N-ethyl adjacent to an activating group) is 1. The zero-order chi connectivity index (χ0) is 21.3. The molecule has 3 rings (SSSR count). The van der Waals surface area contributed by atoms with Crippen molar-refractivity contribution in [2.24, 2.45) is 0 Å². The van der Waals surface area contributed by atoms with Crippen molar-refractivity contribution in [1.29, 1.82) is 0 Å². The lowest BCUT2D eigenvalue weighted by molar-refractivity contribution is -0.122. The monoisotopic (exact) mass is 468 g/mol. The van der Waals surface area contributed by atoms with Crippen molar-refractivity contribution < 1.29 is 19.1 Å². The Bertz CT molecular complexity index is 1040. The molecule has 30 heavy (non-hydrogen) atoms. The number of carbonyl (C=O) groups excluding carboxylic acids is 2. The van der Waals surface area contributed by atoms with Crippen LogP contribution in [0.1, 0.15) is 17.3 Å². The number of amides is 2. The number of anilines is 1. The minimum absolute atomic E-state index is 0.0887. The first-order chi connectivity index (χ1) is 14.5. The number of hydrogen-bond donors (Lipinski definition) is 2. The average Bonchev–Trinajstić information content (AvgIpc) is 2.73. The lowest BCUT2D eigenvalue weighted by Crippen LogP contribution is -2.28. The van der Waals surface area contributed by atoms with E-state index in [4.69, 9.17) is 9.47 Å². The molecule has 0 atom stereocenters. The van der Waals surface area contributed by atoms with Gasteiger partial charge in [0.15, 0.2) is 6.61 Å². The minimum atomic E-state index is -0.318. The van der Waals surface area contributed by atoms with E-state index in [0.29, 0.717) is 35.0 Å². The molecule has 0 aromatic heterocycles. The molecule has 0 bridgehead atoms. The van der Waals surface area contributed by atoms with Crippen LogP contribution in [0.25, 0.3) is 0 Å². The van der Waals surface area contributed by atoms with Crippen LogP contribution in [-0.4, -0.2) is 25.0 Å². The molecule has 0 saturated carbocycles. The second kappa shape index (κ2) is 10.5. The van der Waals surface area contributed by atoms with Crippen LogP contribution in [0.2, 0.25) is 0 Å². The highest BCUT2D eigenvalue weighted by molar-refractivity contribution is 9.10. The molecule has 0 radical (unpaired) electrons. The van der Waals surface area contributed by atoms with Gasteiger partial charge in [-0.15, -0.1) is 0 Å². The third-order valence-electron chi connectivity index (χ3n) is 3.99. The van der Waals surface area contributed by atoms with Crippen molar-refractivity contribution in [1.82, 2.24) is 5.32 Å². The predicted octanol–water partition coefficient (Wildman–Crippen LogP) is 5.01. The highest BCUT2D eigenvalue weighted by Gasteiger charge is 2.14. The van der Waals surface area contributed by atoms with E-state index in [0.717, 1.165) is 4.47 Å². The van der Waals surface area contributed by atoms with Gasteiger partial charge in [0.2, 0.25) is 0 Å². The van der Waals surface area contributed by atoms with Crippen LogP contribution in [0, 0.1) is 0 Å². The van der Waals surface area contributed by atoms with Gasteiger partial charge in [-0.25, -0.2) is 0 Å². The van der Waals surface area contributed by atoms with Crippen molar-refractivity contribution in [3.63, 3.8) is 0 Å². The quantitative estimate of drug-likeness (QED) is 0.487. The molecule has 2 N–H and O–H groups in total. The summed E-state index contributed by atoms with van der Waals surface area (Å²) in [6.45, 7) is 2.29. The van der Waals surface area contributed by atoms with Crippen molar-refractivity contribution in [3.05, 3.63) is 82.8 Å². The summed E-state index contributed by atoms with van der Waals surface area (Å²) in [5.74, 6) is 1.02. The van der Waals surface area contributed by atoms with Gasteiger partial charge in [-0.3, -0.25) is 9.59 Å². The predicted molar refractivity (Wildman–Crippen MR) is 119 cm³/mol. The van der Waals surface area contributed by atoms with Gasteiger partial charge in [0, 0.05) is 22.8 Å². The Labute approximate surface area is 183 Å². The third-order valence-corrected chi connectivity index (χ3v) is 4.48. The van der Waals surface area contributed by atoms with E-state index in [1.807, 2.05) is 31.2 Å². The van der Waals surface area contributed by atoms with Crippen LogP contribution in [0.3, 0.4) is 0 Å². The summed E-state index contributed by atoms with van der Waals surface area (Å²) in [4.78, 5) is 24.4. The van der Waals surface area contributed by atoms with Crippen LogP contribution in [0.5, 0.6) is 17.2 Å². The van der Waals surface area contributed by atoms with E-state index < -0.39 is 0 Å². The van der Waals surface area contributed by atoms with Crippen LogP contribution in [0.4, 0.5) is 5.69 Å². The fraction of sp³-hybridized carbons (Fsp3) is 0.130. The highest BCUT2D eigenvalue weighted by Crippen LogP contribution is 2.28. The van der Waals surface area contributed by atoms with E-state index in [1.165, 1.54) is 0 Å². The summed E-state index contributed by atoms with van der Waals surface area (Å²) in [6, 6.07) is 21.3. The zero-order valence-corrected chi connectivity index (χ0v) is 17.9. The molecule has 154 valence electrons. The molecule has 7 heteroatoms. The molecule has 0 spiro atoms. The van der Waals surface area contributed by atoms with E-state index in [-0.39, 0.29) is 18.4 Å². The fourth-order valence-corrected chi connectivity index (χ4v) is 3.04. The number of nitrogens with one attached hydrogen (secondary N) is 2. The maximum absolute atomic E-state index is 12.8. The zero-order valence-electron chi connectivity index (χ0n) is 16.4. The first-order valence-electron chi connectivity index (χ1n) is 9.38. The molecule has 0 aliphatic heterocycles. The van der Waals surface area contributed by atoms with Crippen molar-refractivity contribution in [2.75, 3.05) is 18.5 Å². The number of rotatable bonds is 8. The van der Waals surface area contributed by atoms with E-state index in [1.54, 1.807) is 48.5 Å². The molecule has 0 aliphatic rings. The Hall–Kier alpha value is -3.32. The smallest absolute Gasteiger partial charge is 0.259 e. The molecule has 0 fully saturated rings. The van der Waals surface area contributed by atoms with Crippen LogP contribution in [0.15, 0.2) is 77.3 Å². The Morgan fingerprint density at radius 1 is 0.933 bits per heavy atom. The minimum Gasteiger partial charge on any atom is -0.484 e. The SMILES string of the molecule is CCNC(=O)COc1cccc(NC(=O)c2ccccc2Oc2cccc(Br)c2)c1. The molecule has 0 aliphatic carbocycles. The number of benzene rings is 3. The Morgan fingerprint density at radius 2 is 1.70 bits per heavy atom. The van der Waals surface area contributed by atoms with Crippen molar-refractivity contribution >= 4 is 33.4 Å². The van der Waals surface area contributed by atoms with Gasteiger partial charge < -0.3 is 20.1 Å². The van der Waals surface area contributed by atoms with E-state index >= 15 is 0 Å². The molecule has 2 amide bonds. The number of halogens is 1. The standard InChI is InChI=1S/C23H21BrN2O4/c1-2-25-22(27)15-29-18-9-6-8-17(14-18)26-23(28)20-11-3-4-12-21(20)30-19-10-5-7-16(24)13-19/h3-14H,2,15H2,1H3,(H,25,27)(H,26,28). The normalized spacial score (nSPS) is 10.2. The van der Waals surface area contributed by atoms with E-state index in [9.17, 15) is 9.59 Å². The number of hydrogen-bond acceptors (Lipinski definition) is 4. The molecular formula is C23H21BrN2O4. The van der Waals surface area contributed by atoms with Crippen molar-refractivity contribution in [3.8, 4) is 17.2 Å². The molecule has 3 aromatic rings. The Kier molecular flexibility index (Phi) is 7.45. The first-order valence-corrected chi connectivity index (χ1v) is 10.2. The van der Waals surface area contributed by atoms with Gasteiger partial charge in [0.25, 0.3) is 11.8 Å². The van der Waals surface area contributed by atoms with Gasteiger partial charge in [-0.05, 0) is 49.4 Å². The molecule has 0 unspecified atom stereocenters. The number of para-hydroxylation sites is 1. The topological polar surface area (TPSA) is 76.7 Å². The van der Waals surface area contributed by atoms with Gasteiger partial charge >= 0.3 is 0 Å². The summed E-state index contributed by atoms with van der Waals surface area (Å²) in [7, 11) is 0. The summed E-state index contributed by atoms with van der Waals surface area (Å²) in [5.41, 5.74) is 0.941. The maximum atomic E-state index is 12.8. The Morgan fingerprint density at radius 3 is 2.50 bits per heavy atom. The number of ether oxygens (including phenoxy) is 2. The summed E-state index contributed by atoms with van der Waals surface area (Å²) in [6.07, 6.45) is 0. The summed E-state index contributed by atoms with van der Waals surface area (Å²) in [5, 5.41) is 5.50. The summed E-state index contributed by atoms with van der Waals surface area (Å²) >= 11 is 3.41. The summed E-state index contributed by atoms with van der Waals surface area (Å²) < 4.78 is 12.3. The van der Waals surface area contributed by atoms with Gasteiger partial charge in [0.1, 0.15) is 17.2 Å². The number of carbonyl (C=O) groups is 2. The van der Waals surface area contributed by atoms with Gasteiger partial charge in [-0.2, -0.15) is 0 Å². The fourth-order valence-electron chi connectivity index (χ4n) is 2.66. The second-order valence-electron chi connectivity index (χ2n) is 6.28. The molecule has 6 nitrogen and oxygen atoms in total. The average molecular weight is 469 g/mol. The van der Waals surface area contributed by atoms with Crippen LogP contribution >= 0.6 is 15.9 Å². The van der Waals surface area contributed by atoms with E-state index in [2.05, 4.69) is 26.6 Å². The largest absolute Gasteiger partial charge is 0.484 e. The molecule has 0 heterocycles. The Balaban J connectivity index is 1.71. The van der Waals surface area contributed by atoms with Gasteiger partial charge in [-0.1, -0.05) is 40.2 Å². The molecular weight excluding hydrogens is 448 g/mol. The molecule has 3 aromatic carbocycles. The highest BCUT2D eigenvalue weighted by atomic mass is 79.9. The maximum Gasteiger partial charge on any atom is 0.259 e. The lowest BCUT2D eigenvalue weighted by Gasteiger charge is -2.12. The van der Waals surface area contributed by atoms with Crippen LogP contribution in [-0.2, 0) is 4.79 Å². The van der Waals surface area contributed by atoms with Crippen molar-refractivity contribution in [2.45, 2.75) is 6.92 Å².